The molecule has 0 saturated carbocycles. The highest BCUT2D eigenvalue weighted by atomic mass is 19.3. The van der Waals surface area contributed by atoms with E-state index in [-0.39, 0.29) is 5.69 Å². The number of nitrogens with zero attached hydrogens (tertiary/aromatic N) is 2. The lowest BCUT2D eigenvalue weighted by Gasteiger charge is -2.12. The monoisotopic (exact) mass is 208 g/mol. The number of halogens is 3. The second kappa shape index (κ2) is 4.12. The third-order valence-corrected chi connectivity index (χ3v) is 1.65. The van der Waals surface area contributed by atoms with Gasteiger partial charge < -0.3 is 9.67 Å². The van der Waals surface area contributed by atoms with E-state index >= 15 is 0 Å². The maximum absolute atomic E-state index is 12.2. The van der Waals surface area contributed by atoms with Crippen molar-refractivity contribution >= 4 is 5.97 Å². The first-order valence-electron chi connectivity index (χ1n) is 3.67. The van der Waals surface area contributed by atoms with Crippen LogP contribution in [0.25, 0.3) is 0 Å². The lowest BCUT2D eigenvalue weighted by molar-refractivity contribution is 0.0663. The number of imidazole rings is 1. The summed E-state index contributed by atoms with van der Waals surface area (Å²) in [5.41, 5.74) is -0.385. The number of aromatic nitrogens is 2. The number of carbonyl (C=O) groups is 1. The van der Waals surface area contributed by atoms with Gasteiger partial charge in [0.25, 0.3) is 6.43 Å². The molecule has 0 spiro atoms. The van der Waals surface area contributed by atoms with E-state index in [1.165, 1.54) is 0 Å². The van der Waals surface area contributed by atoms with Gasteiger partial charge in [-0.2, -0.15) is 0 Å². The zero-order valence-corrected chi connectivity index (χ0v) is 6.90. The Labute approximate surface area is 77.0 Å². The molecule has 7 heteroatoms. The fourth-order valence-electron chi connectivity index (χ4n) is 0.906. The van der Waals surface area contributed by atoms with Crippen LogP contribution in [0.5, 0.6) is 0 Å². The standard InChI is InChI=1S/C7H7F3N2O2/c8-1-5(6(9)10)12-2-4(7(13)14)11-3-12/h2-3,5-6H,1H2,(H,13,14). The number of carboxylic acid groups (broad SMARTS) is 1. The van der Waals surface area contributed by atoms with Crippen LogP contribution in [0.2, 0.25) is 0 Å². The molecule has 14 heavy (non-hydrogen) atoms. The highest BCUT2D eigenvalue weighted by Crippen LogP contribution is 2.17. The molecule has 1 N–H and O–H groups in total. The molecule has 0 aromatic carbocycles. The molecular formula is C7H7F3N2O2. The van der Waals surface area contributed by atoms with Gasteiger partial charge in [-0.25, -0.2) is 22.9 Å². The molecule has 0 amide bonds. The zero-order valence-electron chi connectivity index (χ0n) is 6.90. The summed E-state index contributed by atoms with van der Waals surface area (Å²) in [5.74, 6) is -1.34. The summed E-state index contributed by atoms with van der Waals surface area (Å²) in [6.45, 7) is -1.27. The number of rotatable bonds is 4. The third kappa shape index (κ3) is 2.04. The lowest BCUT2D eigenvalue weighted by Crippen LogP contribution is -2.17. The summed E-state index contributed by atoms with van der Waals surface area (Å²) < 4.78 is 37.2. The van der Waals surface area contributed by atoms with Crippen molar-refractivity contribution in [1.82, 2.24) is 9.55 Å². The molecule has 0 saturated heterocycles. The third-order valence-electron chi connectivity index (χ3n) is 1.65. The molecule has 1 aromatic heterocycles. The first kappa shape index (κ1) is 10.6. The lowest BCUT2D eigenvalue weighted by atomic mass is 10.3. The minimum atomic E-state index is -2.89. The van der Waals surface area contributed by atoms with E-state index < -0.39 is 25.1 Å². The predicted molar refractivity (Wildman–Crippen MR) is 40.2 cm³/mol. The van der Waals surface area contributed by atoms with Gasteiger partial charge in [0.2, 0.25) is 0 Å². The van der Waals surface area contributed by atoms with Crippen molar-refractivity contribution in [3.63, 3.8) is 0 Å². The van der Waals surface area contributed by atoms with Crippen molar-refractivity contribution < 1.29 is 23.1 Å². The van der Waals surface area contributed by atoms with Crippen LogP contribution < -0.4 is 0 Å². The van der Waals surface area contributed by atoms with Crippen LogP contribution in [0, 0.1) is 0 Å². The SMILES string of the molecule is O=C(O)c1cn(C(CF)C(F)F)cn1. The summed E-state index contributed by atoms with van der Waals surface area (Å²) in [6.07, 6.45) is -1.14. The number of carboxylic acids is 1. The Morgan fingerprint density at radius 3 is 2.64 bits per heavy atom. The average molecular weight is 208 g/mol. The Hall–Kier alpha value is -1.53. The van der Waals surface area contributed by atoms with Crippen molar-refractivity contribution in [2.45, 2.75) is 12.5 Å². The highest BCUT2D eigenvalue weighted by Gasteiger charge is 2.23. The zero-order chi connectivity index (χ0) is 10.7. The van der Waals surface area contributed by atoms with Crippen LogP contribution in [-0.2, 0) is 0 Å². The van der Waals surface area contributed by atoms with Crippen molar-refractivity contribution in [3.05, 3.63) is 18.2 Å². The second-order valence-corrected chi connectivity index (χ2v) is 2.57. The molecule has 4 nitrogen and oxygen atoms in total. The van der Waals surface area contributed by atoms with Gasteiger partial charge in [-0.05, 0) is 0 Å². The van der Waals surface area contributed by atoms with Gasteiger partial charge in [-0.1, -0.05) is 0 Å². The summed E-state index contributed by atoms with van der Waals surface area (Å²) >= 11 is 0. The van der Waals surface area contributed by atoms with Crippen LogP contribution in [0.4, 0.5) is 13.2 Å². The van der Waals surface area contributed by atoms with E-state index in [0.717, 1.165) is 17.1 Å². The smallest absolute Gasteiger partial charge is 0.356 e. The largest absolute Gasteiger partial charge is 0.476 e. The summed E-state index contributed by atoms with van der Waals surface area (Å²) in [5, 5.41) is 8.43. The molecule has 1 unspecified atom stereocenters. The molecular weight excluding hydrogens is 201 g/mol. The first-order valence-corrected chi connectivity index (χ1v) is 3.67. The number of alkyl halides is 3. The Morgan fingerprint density at radius 2 is 2.29 bits per heavy atom. The molecule has 1 heterocycles. The van der Waals surface area contributed by atoms with Gasteiger partial charge in [0.1, 0.15) is 12.7 Å². The van der Waals surface area contributed by atoms with Gasteiger partial charge in [-0.3, -0.25) is 0 Å². The van der Waals surface area contributed by atoms with Crippen LogP contribution >= 0.6 is 0 Å². The molecule has 0 aliphatic rings. The Morgan fingerprint density at radius 1 is 1.64 bits per heavy atom. The molecule has 0 aliphatic heterocycles. The molecule has 0 aliphatic carbocycles. The number of aromatic carboxylic acids is 1. The average Bonchev–Trinajstić information content (AvgIpc) is 2.53. The Balaban J connectivity index is 2.89. The molecule has 1 rings (SSSR count). The van der Waals surface area contributed by atoms with Crippen LogP contribution in [0.3, 0.4) is 0 Å². The fourth-order valence-corrected chi connectivity index (χ4v) is 0.906. The number of hydrogen-bond donors (Lipinski definition) is 1. The predicted octanol–water partition coefficient (Wildman–Crippen LogP) is 1.36. The normalized spacial score (nSPS) is 13.1. The summed E-state index contributed by atoms with van der Waals surface area (Å²) in [6, 6.07) is -1.67. The highest BCUT2D eigenvalue weighted by molar-refractivity contribution is 5.84. The molecule has 78 valence electrons. The van der Waals surface area contributed by atoms with Crippen LogP contribution in [-0.4, -0.2) is 33.7 Å². The first-order chi connectivity index (χ1) is 6.56. The van der Waals surface area contributed by atoms with Crippen LogP contribution in [0.15, 0.2) is 12.5 Å². The van der Waals surface area contributed by atoms with Crippen LogP contribution in [0.1, 0.15) is 16.5 Å². The summed E-state index contributed by atoms with van der Waals surface area (Å²) in [7, 11) is 0. The fraction of sp³-hybridized carbons (Fsp3) is 0.429. The van der Waals surface area contributed by atoms with E-state index in [0.29, 0.717) is 0 Å². The van der Waals surface area contributed by atoms with E-state index in [1.807, 2.05) is 0 Å². The van der Waals surface area contributed by atoms with Crippen molar-refractivity contribution in [1.29, 1.82) is 0 Å². The van der Waals surface area contributed by atoms with Gasteiger partial charge in [0.05, 0.1) is 6.33 Å². The van der Waals surface area contributed by atoms with Crippen molar-refractivity contribution in [2.24, 2.45) is 0 Å². The van der Waals surface area contributed by atoms with Crippen molar-refractivity contribution in [3.8, 4) is 0 Å². The maximum Gasteiger partial charge on any atom is 0.356 e. The van der Waals surface area contributed by atoms with E-state index in [2.05, 4.69) is 4.98 Å². The molecule has 1 aromatic rings. The quantitative estimate of drug-likeness (QED) is 0.812. The topological polar surface area (TPSA) is 55.1 Å². The van der Waals surface area contributed by atoms with Crippen molar-refractivity contribution in [2.75, 3.05) is 6.67 Å². The summed E-state index contributed by atoms with van der Waals surface area (Å²) in [4.78, 5) is 13.7. The molecule has 0 radical (unpaired) electrons. The van der Waals surface area contributed by atoms with E-state index in [9.17, 15) is 18.0 Å². The Kier molecular flexibility index (Phi) is 3.10. The second-order valence-electron chi connectivity index (χ2n) is 2.57. The molecule has 0 fully saturated rings. The van der Waals surface area contributed by atoms with Gasteiger partial charge in [0, 0.05) is 6.20 Å². The molecule has 1 atom stereocenters. The maximum atomic E-state index is 12.2. The van der Waals surface area contributed by atoms with Gasteiger partial charge in [0.15, 0.2) is 5.69 Å². The van der Waals surface area contributed by atoms with Gasteiger partial charge >= 0.3 is 5.97 Å². The molecule has 0 bridgehead atoms. The van der Waals surface area contributed by atoms with E-state index in [1.54, 1.807) is 0 Å². The minimum Gasteiger partial charge on any atom is -0.476 e. The number of hydrogen-bond acceptors (Lipinski definition) is 2. The minimum absolute atomic E-state index is 0.385. The van der Waals surface area contributed by atoms with E-state index in [4.69, 9.17) is 5.11 Å². The van der Waals surface area contributed by atoms with Gasteiger partial charge in [-0.15, -0.1) is 0 Å². The Bertz CT molecular complexity index is 326.